The number of benzene rings is 2. The third-order valence-corrected chi connectivity index (χ3v) is 3.90. The molecule has 0 saturated heterocycles. The lowest BCUT2D eigenvalue weighted by Crippen LogP contribution is -2.07. The highest BCUT2D eigenvalue weighted by atomic mass is 35.5. The van der Waals surface area contributed by atoms with E-state index in [-0.39, 0.29) is 45.3 Å². The molecule has 0 spiro atoms. The van der Waals surface area contributed by atoms with Gasteiger partial charge < -0.3 is 10.4 Å². The van der Waals surface area contributed by atoms with Crippen molar-refractivity contribution in [1.29, 1.82) is 0 Å². The molecule has 12 heteroatoms. The van der Waals surface area contributed by atoms with E-state index in [1.54, 1.807) is 18.2 Å². The van der Waals surface area contributed by atoms with E-state index in [0.717, 1.165) is 0 Å². The fourth-order valence-corrected chi connectivity index (χ4v) is 2.29. The number of aliphatic hydroxyl groups is 1. The highest BCUT2D eigenvalue weighted by Crippen LogP contribution is 2.31. The molecule has 2 rings (SSSR count). The summed E-state index contributed by atoms with van der Waals surface area (Å²) in [6.45, 7) is 0.118. The van der Waals surface area contributed by atoms with Gasteiger partial charge in [-0.25, -0.2) is 10.1 Å². The average Bonchev–Trinajstić information content (AvgIpc) is 2.58. The van der Waals surface area contributed by atoms with Crippen molar-refractivity contribution in [3.63, 3.8) is 0 Å². The summed E-state index contributed by atoms with van der Waals surface area (Å²) in [4.78, 5) is 20.1. The zero-order chi connectivity index (χ0) is 19.7. The Morgan fingerprint density at radius 2 is 1.62 bits per heavy atom. The fraction of sp³-hybridized carbons (Fsp3) is 0.143. The van der Waals surface area contributed by atoms with E-state index in [4.69, 9.17) is 39.9 Å². The van der Waals surface area contributed by atoms with Gasteiger partial charge in [-0.3, -0.25) is 10.1 Å². The standard InChI is InChI=1S/C8H9ClN2O3.C6H4Cl2N2O2/c9-6-2-1-3-7(11(13)14)8(6)10-4-5-12;7-4-2-1-3-5(6(4)8)9-10(11)12/h1-3,10,12H,4-5H2;1-3,9H. The van der Waals surface area contributed by atoms with E-state index in [1.807, 2.05) is 5.43 Å². The summed E-state index contributed by atoms with van der Waals surface area (Å²) in [7, 11) is 0. The van der Waals surface area contributed by atoms with Crippen molar-refractivity contribution in [1.82, 2.24) is 0 Å². The highest BCUT2D eigenvalue weighted by molar-refractivity contribution is 6.43. The van der Waals surface area contributed by atoms with Crippen molar-refractivity contribution >= 4 is 51.9 Å². The van der Waals surface area contributed by atoms with Crippen LogP contribution in [-0.2, 0) is 0 Å². The first-order valence-corrected chi connectivity index (χ1v) is 8.04. The van der Waals surface area contributed by atoms with E-state index in [2.05, 4.69) is 5.32 Å². The summed E-state index contributed by atoms with van der Waals surface area (Å²) in [5.74, 6) is 0. The smallest absolute Gasteiger partial charge is 0.293 e. The van der Waals surface area contributed by atoms with Crippen LogP contribution in [0.25, 0.3) is 0 Å². The normalized spacial score (nSPS) is 9.69. The van der Waals surface area contributed by atoms with Crippen molar-refractivity contribution < 1.29 is 15.1 Å². The largest absolute Gasteiger partial charge is 0.395 e. The summed E-state index contributed by atoms with van der Waals surface area (Å²) >= 11 is 17.0. The number of nitro benzene ring substituents is 1. The first-order chi connectivity index (χ1) is 12.3. The monoisotopic (exact) mass is 422 g/mol. The molecule has 0 saturated carbocycles. The van der Waals surface area contributed by atoms with Gasteiger partial charge in [0.1, 0.15) is 11.4 Å². The van der Waals surface area contributed by atoms with Crippen LogP contribution in [0.3, 0.4) is 0 Å². The van der Waals surface area contributed by atoms with Crippen molar-refractivity contribution in [2.24, 2.45) is 0 Å². The quantitative estimate of drug-likeness (QED) is 0.467. The van der Waals surface area contributed by atoms with Crippen LogP contribution in [0.2, 0.25) is 15.1 Å². The second-order valence-electron chi connectivity index (χ2n) is 4.51. The van der Waals surface area contributed by atoms with Crippen LogP contribution in [0.5, 0.6) is 0 Å². The lowest BCUT2D eigenvalue weighted by Gasteiger charge is -2.06. The Bertz CT molecular complexity index is 791. The van der Waals surface area contributed by atoms with Crippen LogP contribution >= 0.6 is 34.8 Å². The Labute approximate surface area is 162 Å². The van der Waals surface area contributed by atoms with Crippen LogP contribution in [0.4, 0.5) is 17.1 Å². The molecule has 0 fully saturated rings. The topological polar surface area (TPSA) is 131 Å². The van der Waals surface area contributed by atoms with E-state index < -0.39 is 9.96 Å². The lowest BCUT2D eigenvalue weighted by molar-refractivity contribution is -0.445. The molecule has 0 amide bonds. The second kappa shape index (κ2) is 10.6. The number of nitrogens with one attached hydrogen (secondary N) is 2. The van der Waals surface area contributed by atoms with Gasteiger partial charge in [-0.15, -0.1) is 5.43 Å². The number of hydrogen-bond acceptors (Lipinski definition) is 6. The predicted octanol–water partition coefficient (Wildman–Crippen LogP) is 4.25. The number of nitro groups is 2. The molecule has 0 aliphatic carbocycles. The van der Waals surface area contributed by atoms with Gasteiger partial charge in [0.15, 0.2) is 5.03 Å². The van der Waals surface area contributed by atoms with E-state index >= 15 is 0 Å². The Morgan fingerprint density at radius 3 is 2.19 bits per heavy atom. The maximum Gasteiger partial charge on any atom is 0.293 e. The van der Waals surface area contributed by atoms with Crippen LogP contribution in [0, 0.1) is 20.2 Å². The number of hydrazine groups is 1. The Kier molecular flexibility index (Phi) is 8.86. The summed E-state index contributed by atoms with van der Waals surface area (Å²) in [5.41, 5.74) is 2.26. The second-order valence-corrected chi connectivity index (χ2v) is 5.70. The fourth-order valence-electron chi connectivity index (χ4n) is 1.71. The summed E-state index contributed by atoms with van der Waals surface area (Å²) in [6.07, 6.45) is 0. The number of hydrogen-bond donors (Lipinski definition) is 3. The molecule has 0 atom stereocenters. The Morgan fingerprint density at radius 1 is 1.00 bits per heavy atom. The van der Waals surface area contributed by atoms with Crippen LogP contribution in [0.1, 0.15) is 0 Å². The summed E-state index contributed by atoms with van der Waals surface area (Å²) in [6, 6.07) is 9.00. The highest BCUT2D eigenvalue weighted by Gasteiger charge is 2.15. The third-order valence-electron chi connectivity index (χ3n) is 2.77. The first-order valence-electron chi connectivity index (χ1n) is 6.90. The van der Waals surface area contributed by atoms with E-state index in [1.165, 1.54) is 18.2 Å². The Balaban J connectivity index is 0.000000263. The summed E-state index contributed by atoms with van der Waals surface area (Å²) in [5, 5.41) is 31.9. The van der Waals surface area contributed by atoms with Crippen molar-refractivity contribution in [2.45, 2.75) is 0 Å². The Hall–Kier alpha value is -2.33. The molecule has 2 aromatic carbocycles. The molecule has 0 aliphatic heterocycles. The third kappa shape index (κ3) is 6.52. The van der Waals surface area contributed by atoms with Crippen LogP contribution in [-0.4, -0.2) is 28.2 Å². The molecule has 0 bridgehead atoms. The molecule has 0 aliphatic rings. The number of aliphatic hydroxyl groups excluding tert-OH is 1. The minimum Gasteiger partial charge on any atom is -0.395 e. The molecule has 2 aromatic rings. The van der Waals surface area contributed by atoms with Crippen molar-refractivity contribution in [3.8, 4) is 0 Å². The average molecular weight is 424 g/mol. The molecule has 140 valence electrons. The van der Waals surface area contributed by atoms with Gasteiger partial charge in [0.25, 0.3) is 5.69 Å². The molecule has 26 heavy (non-hydrogen) atoms. The van der Waals surface area contributed by atoms with Gasteiger partial charge in [0, 0.05) is 12.6 Å². The van der Waals surface area contributed by atoms with Crippen molar-refractivity contribution in [3.05, 3.63) is 71.7 Å². The van der Waals surface area contributed by atoms with E-state index in [0.29, 0.717) is 0 Å². The number of anilines is 2. The van der Waals surface area contributed by atoms with Gasteiger partial charge in [-0.2, -0.15) is 0 Å². The lowest BCUT2D eigenvalue weighted by atomic mass is 10.2. The van der Waals surface area contributed by atoms with Gasteiger partial charge in [-0.05, 0) is 18.2 Å². The minimum atomic E-state index is -0.697. The van der Waals surface area contributed by atoms with Gasteiger partial charge in [0.2, 0.25) is 0 Å². The van der Waals surface area contributed by atoms with Gasteiger partial charge in [-0.1, -0.05) is 46.9 Å². The predicted molar refractivity (Wildman–Crippen MR) is 101 cm³/mol. The van der Waals surface area contributed by atoms with Crippen LogP contribution < -0.4 is 10.7 Å². The molecule has 0 unspecified atom stereocenters. The molecule has 0 heterocycles. The number of para-hydroxylation sites is 1. The zero-order valence-electron chi connectivity index (χ0n) is 13.0. The molecule has 9 nitrogen and oxygen atoms in total. The maximum absolute atomic E-state index is 10.6. The molecule has 3 N–H and O–H groups in total. The molecular formula is C14H13Cl3N4O5. The maximum atomic E-state index is 10.6. The molecule has 0 radical (unpaired) electrons. The number of rotatable bonds is 6. The van der Waals surface area contributed by atoms with Gasteiger partial charge >= 0.3 is 0 Å². The van der Waals surface area contributed by atoms with Gasteiger partial charge in [0.05, 0.1) is 26.6 Å². The number of halogens is 3. The minimum absolute atomic E-state index is 0.0917. The molecule has 0 aromatic heterocycles. The summed E-state index contributed by atoms with van der Waals surface area (Å²) < 4.78 is 0. The molecular weight excluding hydrogens is 411 g/mol. The zero-order valence-corrected chi connectivity index (χ0v) is 15.3. The number of nitrogens with zero attached hydrogens (tertiary/aromatic N) is 2. The van der Waals surface area contributed by atoms with Crippen LogP contribution in [0.15, 0.2) is 36.4 Å². The SMILES string of the molecule is O=[N+]([O-])Nc1cccc(Cl)c1Cl.O=[N+]([O-])c1cccc(Cl)c1NCCO. The van der Waals surface area contributed by atoms with E-state index in [9.17, 15) is 20.2 Å². The first kappa shape index (κ1) is 21.7. The van der Waals surface area contributed by atoms with Crippen molar-refractivity contribution in [2.75, 3.05) is 23.9 Å².